The van der Waals surface area contributed by atoms with Crippen molar-refractivity contribution in [2.45, 2.75) is 51.0 Å². The molecule has 0 unspecified atom stereocenters. The number of carbonyl (C=O) groups is 1. The van der Waals surface area contributed by atoms with Crippen LogP contribution in [0.1, 0.15) is 36.1 Å². The quantitative estimate of drug-likeness (QED) is 0.492. The highest BCUT2D eigenvalue weighted by Gasteiger charge is 2.34. The van der Waals surface area contributed by atoms with Crippen molar-refractivity contribution in [1.82, 2.24) is 24.7 Å². The zero-order chi connectivity index (χ0) is 26.6. The number of carbonyl (C=O) groups excluding carboxylic acids is 1. The number of amides is 1. The number of rotatable bonds is 8. The number of likely N-dealkylation sites (N-methyl/N-ethyl adjacent to an activating group) is 1. The van der Waals surface area contributed by atoms with Gasteiger partial charge in [0.2, 0.25) is 5.91 Å². The molecule has 2 atom stereocenters. The van der Waals surface area contributed by atoms with E-state index in [1.165, 1.54) is 12.1 Å². The van der Waals surface area contributed by atoms with Gasteiger partial charge in [-0.15, -0.1) is 0 Å². The number of piperazine rings is 1. The van der Waals surface area contributed by atoms with Crippen LogP contribution in [0.15, 0.2) is 36.9 Å². The summed E-state index contributed by atoms with van der Waals surface area (Å²) >= 11 is 0. The van der Waals surface area contributed by atoms with E-state index in [0.717, 1.165) is 42.0 Å². The first kappa shape index (κ1) is 26.1. The van der Waals surface area contributed by atoms with E-state index in [9.17, 15) is 14.4 Å². The minimum Gasteiger partial charge on any atom is -0.462 e. The van der Waals surface area contributed by atoms with Crippen LogP contribution in [0.25, 0.3) is 0 Å². The largest absolute Gasteiger partial charge is 0.462 e. The van der Waals surface area contributed by atoms with Crippen molar-refractivity contribution in [3.8, 4) is 12.1 Å². The van der Waals surface area contributed by atoms with Crippen molar-refractivity contribution >= 4 is 11.7 Å². The van der Waals surface area contributed by atoms with Crippen molar-refractivity contribution in [1.29, 1.82) is 5.26 Å². The lowest BCUT2D eigenvalue weighted by Crippen LogP contribution is -2.55. The Hall–Kier alpha value is -3.55. The number of fused-ring (bicyclic) bond motifs is 1. The molecule has 4 heterocycles. The average Bonchev–Trinajstić information content (AvgIpc) is 3.51. The predicted octanol–water partition coefficient (Wildman–Crippen LogP) is 2.72. The smallest absolute Gasteiger partial charge is 0.318 e. The summed E-state index contributed by atoms with van der Waals surface area (Å²) in [6.45, 7) is 8.59. The first-order valence-corrected chi connectivity index (χ1v) is 13.2. The summed E-state index contributed by atoms with van der Waals surface area (Å²) < 4.78 is 19.9. The molecule has 0 spiro atoms. The molecule has 38 heavy (non-hydrogen) atoms. The summed E-state index contributed by atoms with van der Waals surface area (Å²) in [5.41, 5.74) is 2.83. The molecule has 3 aliphatic rings. The van der Waals surface area contributed by atoms with Crippen LogP contribution in [0.2, 0.25) is 0 Å². The summed E-state index contributed by atoms with van der Waals surface area (Å²) in [4.78, 5) is 30.5. The van der Waals surface area contributed by atoms with Gasteiger partial charge in [0.25, 0.3) is 0 Å². The summed E-state index contributed by atoms with van der Waals surface area (Å²) in [7, 11) is 2.11. The molecular formula is C28H34FN7O2. The molecule has 9 nitrogen and oxygen atoms in total. The Kier molecular flexibility index (Phi) is 7.86. The first-order chi connectivity index (χ1) is 18.4. The topological polar surface area (TPSA) is 88.8 Å². The van der Waals surface area contributed by atoms with E-state index in [4.69, 9.17) is 14.7 Å². The van der Waals surface area contributed by atoms with Gasteiger partial charge in [0.05, 0.1) is 24.2 Å². The number of nitrogens with zero attached hydrogens (tertiary/aromatic N) is 7. The number of hydrogen-bond donors (Lipinski definition) is 0. The molecule has 200 valence electrons. The van der Waals surface area contributed by atoms with Gasteiger partial charge in [-0.2, -0.15) is 15.2 Å². The molecule has 0 saturated carbocycles. The molecule has 1 aromatic heterocycles. The normalized spacial score (nSPS) is 21.8. The molecule has 0 bridgehead atoms. The number of halogens is 1. The molecule has 0 radical (unpaired) electrons. The van der Waals surface area contributed by atoms with Crippen LogP contribution in [0, 0.1) is 17.1 Å². The van der Waals surface area contributed by atoms with E-state index in [-0.39, 0.29) is 24.2 Å². The third-order valence-electron chi connectivity index (χ3n) is 7.74. The number of ether oxygens (including phenoxy) is 1. The van der Waals surface area contributed by atoms with Crippen LogP contribution >= 0.6 is 0 Å². The monoisotopic (exact) mass is 519 g/mol. The zero-order valence-electron chi connectivity index (χ0n) is 21.9. The first-order valence-electron chi connectivity index (χ1n) is 13.2. The fourth-order valence-electron chi connectivity index (χ4n) is 5.71. The molecule has 2 saturated heterocycles. The second kappa shape index (κ2) is 11.5. The second-order valence-electron chi connectivity index (χ2n) is 10.3. The van der Waals surface area contributed by atoms with Gasteiger partial charge in [0, 0.05) is 50.9 Å². The van der Waals surface area contributed by atoms with E-state index in [2.05, 4.69) is 34.4 Å². The average molecular weight is 520 g/mol. The van der Waals surface area contributed by atoms with Crippen molar-refractivity contribution in [3.63, 3.8) is 0 Å². The van der Waals surface area contributed by atoms with Crippen LogP contribution in [0.5, 0.6) is 6.01 Å². The van der Waals surface area contributed by atoms with Gasteiger partial charge in [-0.05, 0) is 50.2 Å². The predicted molar refractivity (Wildman–Crippen MR) is 141 cm³/mol. The third-order valence-corrected chi connectivity index (χ3v) is 7.74. The molecule has 0 aliphatic carbocycles. The SMILES string of the molecule is C=CC(=O)N1CCN(c2nc(OC[C@@H]3CCCN3C)nc3c2CN(Cc2cccc(F)c2)C3)C[C@@H]1CC#N. The Labute approximate surface area is 223 Å². The van der Waals surface area contributed by atoms with Crippen LogP contribution < -0.4 is 9.64 Å². The number of anilines is 1. The van der Waals surface area contributed by atoms with Gasteiger partial charge in [-0.25, -0.2) is 4.39 Å². The fraction of sp³-hybridized carbons (Fsp3) is 0.500. The van der Waals surface area contributed by atoms with Crippen molar-refractivity contribution in [2.75, 3.05) is 44.7 Å². The van der Waals surface area contributed by atoms with Crippen LogP contribution in [-0.2, 0) is 24.4 Å². The molecule has 1 amide bonds. The Morgan fingerprint density at radius 3 is 2.87 bits per heavy atom. The zero-order valence-corrected chi connectivity index (χ0v) is 21.9. The highest BCUT2D eigenvalue weighted by atomic mass is 19.1. The Morgan fingerprint density at radius 1 is 1.26 bits per heavy atom. The van der Waals surface area contributed by atoms with E-state index in [1.807, 2.05) is 6.07 Å². The van der Waals surface area contributed by atoms with Gasteiger partial charge in [0.1, 0.15) is 18.2 Å². The second-order valence-corrected chi connectivity index (χ2v) is 10.3. The lowest BCUT2D eigenvalue weighted by molar-refractivity contribution is -0.128. The lowest BCUT2D eigenvalue weighted by Gasteiger charge is -2.41. The summed E-state index contributed by atoms with van der Waals surface area (Å²) in [6.07, 6.45) is 3.78. The van der Waals surface area contributed by atoms with Gasteiger partial charge < -0.3 is 19.4 Å². The Bertz CT molecular complexity index is 1230. The van der Waals surface area contributed by atoms with Gasteiger partial charge in [-0.3, -0.25) is 9.69 Å². The number of hydrogen-bond acceptors (Lipinski definition) is 8. The Balaban J connectivity index is 1.40. The minimum absolute atomic E-state index is 0.163. The van der Waals surface area contributed by atoms with Gasteiger partial charge in [-0.1, -0.05) is 18.7 Å². The van der Waals surface area contributed by atoms with Crippen LogP contribution in [0.3, 0.4) is 0 Å². The lowest BCUT2D eigenvalue weighted by atomic mass is 10.1. The molecule has 2 aromatic rings. The number of nitriles is 1. The van der Waals surface area contributed by atoms with E-state index >= 15 is 0 Å². The van der Waals surface area contributed by atoms with E-state index in [1.54, 1.807) is 17.0 Å². The molecule has 5 rings (SSSR count). The maximum atomic E-state index is 13.8. The third kappa shape index (κ3) is 5.64. The molecule has 0 N–H and O–H groups in total. The van der Waals surface area contributed by atoms with Crippen LogP contribution in [-0.4, -0.2) is 82.5 Å². The highest BCUT2D eigenvalue weighted by molar-refractivity contribution is 5.87. The van der Waals surface area contributed by atoms with Gasteiger partial charge in [0.15, 0.2) is 0 Å². The Morgan fingerprint density at radius 2 is 2.13 bits per heavy atom. The number of benzene rings is 1. The minimum atomic E-state index is -0.258. The van der Waals surface area contributed by atoms with Crippen LogP contribution in [0.4, 0.5) is 10.2 Å². The molecular weight excluding hydrogens is 485 g/mol. The van der Waals surface area contributed by atoms with Crippen molar-refractivity contribution in [2.24, 2.45) is 0 Å². The molecule has 10 heteroatoms. The summed E-state index contributed by atoms with van der Waals surface area (Å²) in [6, 6.07) is 9.32. The van der Waals surface area contributed by atoms with Crippen molar-refractivity contribution in [3.05, 3.63) is 59.6 Å². The maximum Gasteiger partial charge on any atom is 0.318 e. The summed E-state index contributed by atoms with van der Waals surface area (Å²) in [5, 5.41) is 9.42. The number of aromatic nitrogens is 2. The molecule has 3 aliphatic heterocycles. The highest BCUT2D eigenvalue weighted by Crippen LogP contribution is 2.33. The number of likely N-dealkylation sites (tertiary alicyclic amines) is 1. The molecule has 1 aromatic carbocycles. The van der Waals surface area contributed by atoms with Crippen molar-refractivity contribution < 1.29 is 13.9 Å². The molecule has 2 fully saturated rings. The van der Waals surface area contributed by atoms with E-state index < -0.39 is 0 Å². The fourth-order valence-corrected chi connectivity index (χ4v) is 5.71. The van der Waals surface area contributed by atoms with E-state index in [0.29, 0.717) is 57.9 Å². The van der Waals surface area contributed by atoms with Gasteiger partial charge >= 0.3 is 6.01 Å². The maximum absolute atomic E-state index is 13.8. The summed E-state index contributed by atoms with van der Waals surface area (Å²) in [5.74, 6) is 0.381. The standard InChI is InChI=1S/C28H34FN7O2/c1-3-26(37)36-13-12-35(16-22(36)9-10-30)27-24-17-34(15-20-6-4-7-21(29)14-20)18-25(24)31-28(32-27)38-19-23-8-5-11-33(23)2/h3-4,6-7,14,22-23H,1,5,8-9,11-13,15-19H2,2H3/t22-,23-/m0/s1.